The fourth-order valence-corrected chi connectivity index (χ4v) is 2.14. The first kappa shape index (κ1) is 14.6. The largest absolute Gasteiger partial charge is 0.389 e. The number of thiocarbonyl (C=S) groups is 1. The predicted molar refractivity (Wildman–Crippen MR) is 81.7 cm³/mol. The van der Waals surface area contributed by atoms with Crippen LogP contribution in [0.15, 0.2) is 42.6 Å². The molecule has 5 heteroatoms. The van der Waals surface area contributed by atoms with E-state index in [-0.39, 0.29) is 10.8 Å². The Kier molecular flexibility index (Phi) is 4.76. The summed E-state index contributed by atoms with van der Waals surface area (Å²) in [6.07, 6.45) is 1.76. The molecule has 2 rings (SSSR count). The molecule has 3 nitrogen and oxygen atoms in total. The van der Waals surface area contributed by atoms with Crippen molar-refractivity contribution >= 4 is 17.2 Å². The molecule has 2 N–H and O–H groups in total. The summed E-state index contributed by atoms with van der Waals surface area (Å²) in [5, 5.41) is 0. The van der Waals surface area contributed by atoms with Crippen molar-refractivity contribution in [1.29, 1.82) is 0 Å². The molecule has 0 spiro atoms. The van der Waals surface area contributed by atoms with E-state index in [1.165, 1.54) is 12.1 Å². The zero-order valence-electron chi connectivity index (χ0n) is 11.2. The van der Waals surface area contributed by atoms with E-state index in [1.807, 2.05) is 31.3 Å². The van der Waals surface area contributed by atoms with E-state index in [0.29, 0.717) is 18.7 Å². The predicted octanol–water partition coefficient (Wildman–Crippen LogP) is 2.49. The summed E-state index contributed by atoms with van der Waals surface area (Å²) in [6.45, 7) is 1.30. The van der Waals surface area contributed by atoms with Crippen LogP contribution in [0.1, 0.15) is 16.8 Å². The molecule has 104 valence electrons. The highest BCUT2D eigenvalue weighted by Crippen LogP contribution is 2.12. The van der Waals surface area contributed by atoms with Gasteiger partial charge < -0.3 is 5.73 Å². The minimum absolute atomic E-state index is 0.207. The first-order chi connectivity index (χ1) is 9.54. The average Bonchev–Trinajstić information content (AvgIpc) is 2.38. The van der Waals surface area contributed by atoms with Gasteiger partial charge in [0.25, 0.3) is 0 Å². The summed E-state index contributed by atoms with van der Waals surface area (Å²) >= 11 is 4.89. The van der Waals surface area contributed by atoms with E-state index < -0.39 is 0 Å². The van der Waals surface area contributed by atoms with Gasteiger partial charge in [0, 0.05) is 24.8 Å². The molecule has 1 aromatic carbocycles. The van der Waals surface area contributed by atoms with Crippen LogP contribution in [-0.2, 0) is 13.1 Å². The summed E-state index contributed by atoms with van der Waals surface area (Å²) in [4.78, 5) is 6.53. The Morgan fingerprint density at radius 2 is 2.10 bits per heavy atom. The molecule has 0 aliphatic carbocycles. The van der Waals surface area contributed by atoms with Crippen LogP contribution in [0.2, 0.25) is 0 Å². The standard InChI is InChI=1S/C15H16FN3S/c1-19(10-14-4-2-3-5-18-14)9-11-6-12(15(17)20)8-13(16)7-11/h2-8H,9-10H2,1H3,(H2,17,20). The van der Waals surface area contributed by atoms with E-state index in [2.05, 4.69) is 9.88 Å². The van der Waals surface area contributed by atoms with Gasteiger partial charge in [0.2, 0.25) is 0 Å². The van der Waals surface area contributed by atoms with Crippen molar-refractivity contribution in [3.63, 3.8) is 0 Å². The van der Waals surface area contributed by atoms with Gasteiger partial charge in [-0.2, -0.15) is 0 Å². The number of hydrogen-bond acceptors (Lipinski definition) is 3. The third-order valence-electron chi connectivity index (χ3n) is 2.85. The van der Waals surface area contributed by atoms with Crippen LogP contribution in [0.25, 0.3) is 0 Å². The summed E-state index contributed by atoms with van der Waals surface area (Å²) in [5.74, 6) is -0.323. The van der Waals surface area contributed by atoms with Crippen molar-refractivity contribution in [2.75, 3.05) is 7.05 Å². The summed E-state index contributed by atoms with van der Waals surface area (Å²) in [6, 6.07) is 10.5. The lowest BCUT2D eigenvalue weighted by atomic mass is 10.1. The molecule has 0 unspecified atom stereocenters. The molecule has 0 aliphatic heterocycles. The van der Waals surface area contributed by atoms with Crippen molar-refractivity contribution in [2.24, 2.45) is 5.73 Å². The number of nitrogens with zero attached hydrogens (tertiary/aromatic N) is 2. The van der Waals surface area contributed by atoms with Crippen molar-refractivity contribution in [3.8, 4) is 0 Å². The molecule has 1 heterocycles. The summed E-state index contributed by atoms with van der Waals surface area (Å²) in [5.41, 5.74) is 7.92. The van der Waals surface area contributed by atoms with E-state index in [1.54, 1.807) is 6.20 Å². The van der Waals surface area contributed by atoms with Gasteiger partial charge in [-0.1, -0.05) is 18.3 Å². The van der Waals surface area contributed by atoms with E-state index in [0.717, 1.165) is 11.3 Å². The fraction of sp³-hybridized carbons (Fsp3) is 0.200. The first-order valence-electron chi connectivity index (χ1n) is 6.22. The Morgan fingerprint density at radius 1 is 1.30 bits per heavy atom. The maximum Gasteiger partial charge on any atom is 0.124 e. The number of benzene rings is 1. The molecule has 0 saturated heterocycles. The van der Waals surface area contributed by atoms with Gasteiger partial charge in [0.05, 0.1) is 5.69 Å². The number of rotatable bonds is 5. The monoisotopic (exact) mass is 289 g/mol. The molecule has 1 aromatic heterocycles. The highest BCUT2D eigenvalue weighted by atomic mass is 32.1. The van der Waals surface area contributed by atoms with Crippen LogP contribution in [0, 0.1) is 5.82 Å². The molecule has 20 heavy (non-hydrogen) atoms. The highest BCUT2D eigenvalue weighted by Gasteiger charge is 2.07. The third kappa shape index (κ3) is 4.08. The maximum atomic E-state index is 13.5. The van der Waals surface area contributed by atoms with Crippen LogP contribution >= 0.6 is 12.2 Å². The second-order valence-corrected chi connectivity index (χ2v) is 5.15. The molecule has 0 saturated carbocycles. The highest BCUT2D eigenvalue weighted by molar-refractivity contribution is 7.80. The topological polar surface area (TPSA) is 42.1 Å². The lowest BCUT2D eigenvalue weighted by Gasteiger charge is -2.16. The first-order valence-corrected chi connectivity index (χ1v) is 6.63. The zero-order valence-corrected chi connectivity index (χ0v) is 12.0. The zero-order chi connectivity index (χ0) is 14.5. The van der Waals surface area contributed by atoms with Gasteiger partial charge in [-0.3, -0.25) is 9.88 Å². The minimum Gasteiger partial charge on any atom is -0.389 e. The molecular weight excluding hydrogens is 273 g/mol. The molecule has 0 aliphatic rings. The van der Waals surface area contributed by atoms with Crippen LogP contribution in [0.4, 0.5) is 4.39 Å². The van der Waals surface area contributed by atoms with Gasteiger partial charge >= 0.3 is 0 Å². The Morgan fingerprint density at radius 3 is 2.75 bits per heavy atom. The van der Waals surface area contributed by atoms with Gasteiger partial charge in [-0.05, 0) is 42.9 Å². The Bertz CT molecular complexity index is 601. The molecule has 0 atom stereocenters. The van der Waals surface area contributed by atoms with Crippen LogP contribution in [0.3, 0.4) is 0 Å². The van der Waals surface area contributed by atoms with E-state index >= 15 is 0 Å². The molecule has 0 fully saturated rings. The second kappa shape index (κ2) is 6.54. The number of hydrogen-bond donors (Lipinski definition) is 1. The quantitative estimate of drug-likeness (QED) is 0.859. The fourth-order valence-electron chi connectivity index (χ4n) is 2.02. The normalized spacial score (nSPS) is 10.8. The van der Waals surface area contributed by atoms with Gasteiger partial charge in [0.1, 0.15) is 10.8 Å². The average molecular weight is 289 g/mol. The SMILES string of the molecule is CN(Cc1cc(F)cc(C(N)=S)c1)Cc1ccccn1. The second-order valence-electron chi connectivity index (χ2n) is 4.71. The van der Waals surface area contributed by atoms with Crippen molar-refractivity contribution < 1.29 is 4.39 Å². The van der Waals surface area contributed by atoms with Gasteiger partial charge in [0.15, 0.2) is 0 Å². The Hall–Kier alpha value is -1.85. The third-order valence-corrected chi connectivity index (χ3v) is 3.09. The molecule has 0 bridgehead atoms. The Balaban J connectivity index is 2.07. The smallest absolute Gasteiger partial charge is 0.124 e. The van der Waals surface area contributed by atoms with Crippen LogP contribution in [0.5, 0.6) is 0 Å². The molecule has 2 aromatic rings. The lowest BCUT2D eigenvalue weighted by Crippen LogP contribution is -2.19. The van der Waals surface area contributed by atoms with Crippen LogP contribution < -0.4 is 5.73 Å². The molecular formula is C15H16FN3S. The summed E-state index contributed by atoms with van der Waals surface area (Å²) in [7, 11) is 1.96. The Labute approximate surface area is 123 Å². The number of halogens is 1. The van der Waals surface area contributed by atoms with Gasteiger partial charge in [-0.15, -0.1) is 0 Å². The van der Waals surface area contributed by atoms with Crippen molar-refractivity contribution in [2.45, 2.75) is 13.1 Å². The maximum absolute atomic E-state index is 13.5. The van der Waals surface area contributed by atoms with Gasteiger partial charge in [-0.25, -0.2) is 4.39 Å². The molecule has 0 amide bonds. The summed E-state index contributed by atoms with van der Waals surface area (Å²) < 4.78 is 13.5. The number of nitrogens with two attached hydrogens (primary N) is 1. The number of pyridine rings is 1. The minimum atomic E-state index is -0.323. The van der Waals surface area contributed by atoms with E-state index in [9.17, 15) is 4.39 Å². The van der Waals surface area contributed by atoms with Crippen molar-refractivity contribution in [1.82, 2.24) is 9.88 Å². The van der Waals surface area contributed by atoms with E-state index in [4.69, 9.17) is 18.0 Å². The van der Waals surface area contributed by atoms with Crippen LogP contribution in [-0.4, -0.2) is 21.9 Å². The number of aromatic nitrogens is 1. The lowest BCUT2D eigenvalue weighted by molar-refractivity contribution is 0.314. The van der Waals surface area contributed by atoms with Crippen molar-refractivity contribution in [3.05, 3.63) is 65.2 Å². The molecule has 0 radical (unpaired) electrons.